The van der Waals surface area contributed by atoms with Gasteiger partial charge in [0.15, 0.2) is 28.6 Å². The zero-order valence-corrected chi connectivity index (χ0v) is 88.8. The van der Waals surface area contributed by atoms with Crippen LogP contribution >= 0.6 is 82.5 Å². The number of aryl methyl sites for hydroxylation is 2. The maximum absolute atomic E-state index is 12.9. The lowest BCUT2D eigenvalue weighted by atomic mass is 9.76. The van der Waals surface area contributed by atoms with Crippen LogP contribution in [-0.2, 0) is 83.7 Å². The van der Waals surface area contributed by atoms with Crippen LogP contribution in [0.3, 0.4) is 0 Å². The molecule has 782 valence electrons. The Balaban J connectivity index is 0.000000551. The van der Waals surface area contributed by atoms with Crippen molar-refractivity contribution in [2.75, 3.05) is 81.0 Å². The summed E-state index contributed by atoms with van der Waals surface area (Å²) in [7, 11) is -15.1. The molecule has 1 saturated heterocycles. The summed E-state index contributed by atoms with van der Waals surface area (Å²) in [6, 6.07) is 28.1. The van der Waals surface area contributed by atoms with Gasteiger partial charge in [-0.15, -0.1) is 0 Å². The summed E-state index contributed by atoms with van der Waals surface area (Å²) in [5.41, 5.74) is 20.4. The molecule has 7 N–H and O–H groups in total. The Morgan fingerprint density at radius 2 is 1.20 bits per heavy atom. The number of unbranched alkanes of at least 4 members (excludes halogenated alkanes) is 4. The van der Waals surface area contributed by atoms with Gasteiger partial charge in [0.2, 0.25) is 11.6 Å². The van der Waals surface area contributed by atoms with Crippen molar-refractivity contribution in [3.05, 3.63) is 199 Å². The maximum atomic E-state index is 12.9. The highest BCUT2D eigenvalue weighted by atomic mass is 35.5. The van der Waals surface area contributed by atoms with Crippen molar-refractivity contribution in [3.63, 3.8) is 0 Å². The quantitative estimate of drug-likeness (QED) is 0.00240. The van der Waals surface area contributed by atoms with Gasteiger partial charge in [0, 0.05) is 129 Å². The predicted molar refractivity (Wildman–Crippen MR) is 543 cm³/mol. The van der Waals surface area contributed by atoms with Gasteiger partial charge in [-0.05, 0) is 189 Å². The Bertz CT molecular complexity index is 5860. The topological polar surface area (TPSA) is 534 Å². The monoisotopic (exact) mass is 2150 g/mol. The molecule has 11 rings (SSSR count). The molecule has 4 heterocycles. The number of allylic oxidation sites excluding steroid dienone is 6. The number of fused-ring (bicyclic) bond motifs is 4. The number of ether oxygens (including phenoxy) is 2. The van der Waals surface area contributed by atoms with Crippen LogP contribution < -0.4 is 57.8 Å². The van der Waals surface area contributed by atoms with Crippen LogP contribution in [0.15, 0.2) is 169 Å². The molecule has 0 aromatic heterocycles. The van der Waals surface area contributed by atoms with E-state index in [1.165, 1.54) is 101 Å². The molecule has 5 aliphatic rings. The van der Waals surface area contributed by atoms with Gasteiger partial charge in [-0.2, -0.15) is 17.6 Å². The van der Waals surface area contributed by atoms with Crippen molar-refractivity contribution in [1.29, 1.82) is 5.41 Å². The van der Waals surface area contributed by atoms with E-state index >= 15 is 0 Å². The number of aromatic carboxylic acids is 1. The lowest BCUT2D eigenvalue weighted by Crippen LogP contribution is -2.40. The van der Waals surface area contributed by atoms with Crippen LogP contribution in [-0.4, -0.2) is 153 Å². The number of rotatable bonds is 37. The second-order valence-corrected chi connectivity index (χ2v) is 40.5. The van der Waals surface area contributed by atoms with Gasteiger partial charge in [0.1, 0.15) is 36.6 Å². The van der Waals surface area contributed by atoms with E-state index in [1.807, 2.05) is 88.4 Å². The third kappa shape index (κ3) is 38.6. The molecular weight excluding hydrogens is 2030 g/mol. The number of amides is 1. The number of carbonyl (C=O) groups is 4. The number of benzene rings is 7. The second kappa shape index (κ2) is 63.3. The van der Waals surface area contributed by atoms with E-state index in [9.17, 15) is 79.0 Å². The fourth-order valence-electron chi connectivity index (χ4n) is 14.8. The number of likely N-dealkylation sites (tertiary alicyclic amines) is 1. The number of halogens is 4. The van der Waals surface area contributed by atoms with Crippen LogP contribution in [0.1, 0.15) is 214 Å². The molecule has 0 bridgehead atoms. The van der Waals surface area contributed by atoms with Gasteiger partial charge < -0.3 is 85.1 Å². The summed E-state index contributed by atoms with van der Waals surface area (Å²) in [6.45, 7) is 38.0. The van der Waals surface area contributed by atoms with Gasteiger partial charge in [-0.25, -0.2) is 25.3 Å². The molecule has 1 atom stereocenters. The fourth-order valence-corrected chi connectivity index (χ4v) is 19.3. The minimum atomic E-state index is -5.33. The Labute approximate surface area is 860 Å². The number of carboxylic acid groups (broad SMARTS) is 1. The third-order valence-corrected chi connectivity index (χ3v) is 27.4. The number of nitrogens with one attached hydrogen (secondary N) is 1. The Morgan fingerprint density at radius 1 is 0.638 bits per heavy atom. The smallest absolute Gasteiger partial charge is 0.314 e. The van der Waals surface area contributed by atoms with E-state index < -0.39 is 91.1 Å². The first-order valence-corrected chi connectivity index (χ1v) is 53.4. The molecule has 0 radical (unpaired) electrons. The maximum Gasteiger partial charge on any atom is 0.314 e. The first-order chi connectivity index (χ1) is 66.2. The van der Waals surface area contributed by atoms with E-state index in [1.54, 1.807) is 17.0 Å². The largest absolute Gasteiger partial charge is 0.748 e. The third-order valence-electron chi connectivity index (χ3n) is 21.9. The summed E-state index contributed by atoms with van der Waals surface area (Å²) in [5, 5.41) is 60.9. The molecule has 1 aliphatic carbocycles. The van der Waals surface area contributed by atoms with E-state index in [0.717, 1.165) is 101 Å². The molecule has 6 aromatic rings. The van der Waals surface area contributed by atoms with Crippen molar-refractivity contribution in [2.45, 2.75) is 225 Å². The molecule has 141 heavy (non-hydrogen) atoms. The molecule has 1 unspecified atom stereocenters. The first-order valence-electron chi connectivity index (χ1n) is 45.1. The molecule has 1 fully saturated rings. The van der Waals surface area contributed by atoms with Crippen LogP contribution in [0.4, 0.5) is 17.1 Å². The molecule has 1 amide bonds. The molecule has 44 heteroatoms. The normalized spacial score (nSPS) is 14.5. The predicted octanol–water partition coefficient (Wildman–Crippen LogP) is 17.1. The van der Waals surface area contributed by atoms with Crippen molar-refractivity contribution >= 4 is 170 Å². The first kappa shape index (κ1) is 127. The van der Waals surface area contributed by atoms with Crippen molar-refractivity contribution < 1.29 is 126 Å². The van der Waals surface area contributed by atoms with Crippen LogP contribution in [0.5, 0.6) is 11.5 Å². The van der Waals surface area contributed by atoms with Gasteiger partial charge in [-0.3, -0.25) is 34.9 Å². The number of nitrogens with zero attached hydrogens (tertiary/aromatic N) is 4. The standard InChI is InChI=1S/C43H50Cl2N2O14S4.C20H14N2O9S2.C15H17Cl2NO3.C6H15N.2C4H10.2C2H7N.CH4/c1-29-16-18-37-33(25-29)43(4,20-10-6-9-15-40(48)55-41-34(44)27-31(28-35(41)45)64-61-58-51)39(47(37)22-12-24-65(52,53)54)14-8-5-7-13-38-42(2,3)32-26-30(63-60-57-50)17-19-36(32)46(38)21-11-23-62-59-56-49;21-13-7-5-11-15(9-3-1-2-4-10(9)20(23)24)12-6-8-14(22)19(33(28,29)30)17(12)31-16(11)18(13)32(25,26)27;1-9-7-12(16)14(13(17)8-9)21-15(20)11-3-5-18(6-4-11)10(2)19;1-4-7(5-2)6-3;2*1-3-4-2;2*1-2-3;/h5,7-8,13-14,16-19,25-28H,6,9-12,15,20-24H2,1-4H3,(H3-,49,50,51,52,53,54);1-8,21H,22H2,(H,23,24)(H,25,26,27)(H,28,29,30);7-8,11H,3-6H2,1-2H3;4-6H2,1-3H3;2*3-4H2,1-2H3;2*2-3H2,1H3;1H4/p-6. The highest BCUT2D eigenvalue weighted by Crippen LogP contribution is 2.52. The fraction of sp³-hybridized carbons (Fsp3) is 0.443. The minimum absolute atomic E-state index is 0. The molecule has 0 spiro atoms. The van der Waals surface area contributed by atoms with Gasteiger partial charge >= 0.3 is 11.9 Å². The molecule has 0 saturated carbocycles. The molecule has 4 aliphatic heterocycles. The van der Waals surface area contributed by atoms with E-state index in [0.29, 0.717) is 102 Å². The van der Waals surface area contributed by atoms with Gasteiger partial charge in [0.05, 0.1) is 82.6 Å². The van der Waals surface area contributed by atoms with E-state index in [2.05, 4.69) is 118 Å². The zero-order chi connectivity index (χ0) is 105. The summed E-state index contributed by atoms with van der Waals surface area (Å²) in [5.74, 6) is -3.18. The average Bonchev–Trinajstić information content (AvgIpc) is 1.70. The number of piperidine rings is 1. The average molecular weight is 2160 g/mol. The number of anilines is 2. The number of carbonyl (C=O) groups excluding carboxylic acids is 4. The highest BCUT2D eigenvalue weighted by molar-refractivity contribution is 7.95. The van der Waals surface area contributed by atoms with E-state index in [-0.39, 0.29) is 87.2 Å². The lowest BCUT2D eigenvalue weighted by molar-refractivity contribution is -0.777. The van der Waals surface area contributed by atoms with E-state index in [4.69, 9.17) is 82.9 Å². The Kier molecular flexibility index (Phi) is 57.0. The van der Waals surface area contributed by atoms with Crippen molar-refractivity contribution in [2.24, 2.45) is 17.4 Å². The number of nitrogen functional groups attached to an aromatic ring is 1. The van der Waals surface area contributed by atoms with Gasteiger partial charge in [-0.1, -0.05) is 215 Å². The van der Waals surface area contributed by atoms with Crippen molar-refractivity contribution in [1.82, 2.24) is 9.80 Å². The summed E-state index contributed by atoms with van der Waals surface area (Å²) >= 11 is 27.0. The summed E-state index contributed by atoms with van der Waals surface area (Å²) in [6.07, 6.45) is 19.8. The molecule has 34 nitrogen and oxygen atoms in total. The number of nitrogens with two attached hydrogens (primary N) is 3. The Morgan fingerprint density at radius 3 is 1.73 bits per heavy atom. The minimum Gasteiger partial charge on any atom is -0.748 e. The van der Waals surface area contributed by atoms with Crippen LogP contribution in [0.2, 0.25) is 20.1 Å². The molecular formula is C97H128Cl4N8O26S6-6. The molecule has 6 aromatic carbocycles. The highest BCUT2D eigenvalue weighted by Gasteiger charge is 2.46. The number of carboxylic acids is 1. The Hall–Kier alpha value is -8.16. The summed E-state index contributed by atoms with van der Waals surface area (Å²) in [4.78, 5) is 53.2. The lowest BCUT2D eigenvalue weighted by Gasteiger charge is -2.30. The van der Waals surface area contributed by atoms with Crippen LogP contribution in [0.25, 0.3) is 33.4 Å². The van der Waals surface area contributed by atoms with Crippen LogP contribution in [0, 0.1) is 25.2 Å². The summed E-state index contributed by atoms with van der Waals surface area (Å²) < 4.78 is 139. The zero-order valence-electron chi connectivity index (χ0n) is 80.9. The number of esters is 2. The van der Waals surface area contributed by atoms with Crippen molar-refractivity contribution in [3.8, 4) is 33.9 Å². The second-order valence-electron chi connectivity index (χ2n) is 32.4. The van der Waals surface area contributed by atoms with Gasteiger partial charge in [0.25, 0.3) is 0 Å². The SMILES string of the molecule is C.CC(=O)N1CCC(C(=O)Oc2c(Cl)cc(C)cc2Cl)CC1.CCCC.CCCC.CCN.CCN.CCN(CC)CC.Cc1ccc2c(c1)C(C)(CCCCCC(=O)Oc1c(Cl)cc(SOO[O-])cc1Cl)/C(=C/C=C/C=C/C1=[N+](CCCSOO[O-])c3ccc(SOO[O-])cc3C1(C)C)N2CCCS(=O)(=O)[O-].N=c1ccc2c(-c3ccccc3C(=O)[O-])c3ccc(N)c(S(=O)(=O)[O-])c3oc-2c1S(=O)(=O)[O-]. The number of hydrogen-bond donors (Lipinski definition) is 4. The number of hydrogen-bond acceptors (Lipinski definition) is 35.